The van der Waals surface area contributed by atoms with Crippen LogP contribution in [0, 0.1) is 0 Å². The molecule has 106 valence electrons. The standard InChI is InChI=1S/C17H21NO2/c1-18-13-7-8-14(18)10-12(9-13)11-16(19)15-5-3-4-6-17(15)20-2/h3-6,9,13-14H,7-8,10-11H2,1-2H3. The molecule has 0 amide bonds. The van der Waals surface area contributed by atoms with Crippen molar-refractivity contribution in [3.05, 3.63) is 41.5 Å². The number of carbonyl (C=O) groups is 1. The Bertz CT molecular complexity index is 550. The molecule has 0 aromatic heterocycles. The predicted molar refractivity (Wildman–Crippen MR) is 79.2 cm³/mol. The van der Waals surface area contributed by atoms with Crippen LogP contribution in [0.2, 0.25) is 0 Å². The Morgan fingerprint density at radius 3 is 2.90 bits per heavy atom. The fourth-order valence-corrected chi connectivity index (χ4v) is 3.44. The second-order valence-electron chi connectivity index (χ2n) is 5.79. The van der Waals surface area contributed by atoms with Crippen LogP contribution in [0.4, 0.5) is 0 Å². The zero-order valence-corrected chi connectivity index (χ0v) is 12.1. The molecule has 0 spiro atoms. The average molecular weight is 271 g/mol. The molecule has 1 aromatic carbocycles. The summed E-state index contributed by atoms with van der Waals surface area (Å²) >= 11 is 0. The Morgan fingerprint density at radius 1 is 1.35 bits per heavy atom. The maximum atomic E-state index is 12.5. The van der Waals surface area contributed by atoms with Crippen molar-refractivity contribution in [1.29, 1.82) is 0 Å². The van der Waals surface area contributed by atoms with Crippen LogP contribution in [0.5, 0.6) is 5.75 Å². The molecule has 3 heteroatoms. The number of hydrogen-bond donors (Lipinski definition) is 0. The second-order valence-corrected chi connectivity index (χ2v) is 5.79. The molecule has 2 unspecified atom stereocenters. The van der Waals surface area contributed by atoms with Crippen LogP contribution >= 0.6 is 0 Å². The lowest BCUT2D eigenvalue weighted by Crippen LogP contribution is -2.35. The van der Waals surface area contributed by atoms with E-state index in [1.807, 2.05) is 24.3 Å². The Labute approximate surface area is 120 Å². The van der Waals surface area contributed by atoms with E-state index in [2.05, 4.69) is 18.0 Å². The van der Waals surface area contributed by atoms with Gasteiger partial charge in [-0.15, -0.1) is 0 Å². The van der Waals surface area contributed by atoms with Gasteiger partial charge < -0.3 is 4.74 Å². The van der Waals surface area contributed by atoms with Gasteiger partial charge in [0.2, 0.25) is 0 Å². The van der Waals surface area contributed by atoms with Gasteiger partial charge in [0.25, 0.3) is 0 Å². The largest absolute Gasteiger partial charge is 0.496 e. The molecular formula is C17H21NO2. The molecule has 2 aliphatic heterocycles. The quantitative estimate of drug-likeness (QED) is 0.622. The number of hydrogen-bond acceptors (Lipinski definition) is 3. The van der Waals surface area contributed by atoms with E-state index in [1.165, 1.54) is 18.4 Å². The van der Waals surface area contributed by atoms with Crippen LogP contribution < -0.4 is 4.74 Å². The van der Waals surface area contributed by atoms with Crippen LogP contribution in [0.25, 0.3) is 0 Å². The van der Waals surface area contributed by atoms with Gasteiger partial charge in [-0.2, -0.15) is 0 Å². The Kier molecular flexibility index (Phi) is 3.62. The van der Waals surface area contributed by atoms with E-state index in [0.29, 0.717) is 29.8 Å². The Balaban J connectivity index is 1.75. The van der Waals surface area contributed by atoms with E-state index in [9.17, 15) is 4.79 Å². The van der Waals surface area contributed by atoms with E-state index < -0.39 is 0 Å². The summed E-state index contributed by atoms with van der Waals surface area (Å²) in [7, 11) is 3.80. The number of methoxy groups -OCH3 is 1. The molecule has 1 aromatic rings. The van der Waals surface area contributed by atoms with Gasteiger partial charge in [-0.1, -0.05) is 23.8 Å². The maximum Gasteiger partial charge on any atom is 0.170 e. The van der Waals surface area contributed by atoms with Gasteiger partial charge in [-0.05, 0) is 38.4 Å². The molecule has 0 aliphatic carbocycles. The number of ketones is 1. The molecule has 0 N–H and O–H groups in total. The topological polar surface area (TPSA) is 29.5 Å². The number of para-hydroxylation sites is 1. The van der Waals surface area contributed by atoms with Gasteiger partial charge in [0.05, 0.1) is 12.7 Å². The minimum absolute atomic E-state index is 0.164. The van der Waals surface area contributed by atoms with Crippen molar-refractivity contribution >= 4 is 5.78 Å². The number of benzene rings is 1. The van der Waals surface area contributed by atoms with Crippen molar-refractivity contribution in [3.8, 4) is 5.75 Å². The lowest BCUT2D eigenvalue weighted by atomic mass is 9.94. The van der Waals surface area contributed by atoms with E-state index in [-0.39, 0.29) is 5.78 Å². The summed E-state index contributed by atoms with van der Waals surface area (Å²) in [4.78, 5) is 14.9. The third kappa shape index (κ3) is 2.38. The third-order valence-electron chi connectivity index (χ3n) is 4.62. The number of ether oxygens (including phenoxy) is 1. The Hall–Kier alpha value is -1.61. The molecular weight excluding hydrogens is 250 g/mol. The highest BCUT2D eigenvalue weighted by Crippen LogP contribution is 2.35. The summed E-state index contributed by atoms with van der Waals surface area (Å²) in [5.41, 5.74) is 1.99. The van der Waals surface area contributed by atoms with E-state index in [4.69, 9.17) is 4.74 Å². The van der Waals surface area contributed by atoms with Gasteiger partial charge in [0.15, 0.2) is 5.78 Å². The molecule has 20 heavy (non-hydrogen) atoms. The zero-order chi connectivity index (χ0) is 14.1. The molecule has 1 fully saturated rings. The number of fused-ring (bicyclic) bond motifs is 2. The van der Waals surface area contributed by atoms with E-state index >= 15 is 0 Å². The van der Waals surface area contributed by atoms with Crippen LogP contribution in [0.3, 0.4) is 0 Å². The summed E-state index contributed by atoms with van der Waals surface area (Å²) < 4.78 is 5.28. The monoisotopic (exact) mass is 271 g/mol. The fourth-order valence-electron chi connectivity index (χ4n) is 3.44. The van der Waals surface area contributed by atoms with Crippen molar-refractivity contribution in [2.75, 3.05) is 14.2 Å². The first kappa shape index (κ1) is 13.4. The van der Waals surface area contributed by atoms with Gasteiger partial charge in [-0.3, -0.25) is 9.69 Å². The minimum atomic E-state index is 0.164. The molecule has 2 atom stereocenters. The van der Waals surface area contributed by atoms with Crippen molar-refractivity contribution in [1.82, 2.24) is 4.90 Å². The normalized spacial score (nSPS) is 25.4. The van der Waals surface area contributed by atoms with Crippen molar-refractivity contribution in [2.45, 2.75) is 37.8 Å². The fraction of sp³-hybridized carbons (Fsp3) is 0.471. The average Bonchev–Trinajstić information content (AvgIpc) is 2.68. The molecule has 3 nitrogen and oxygen atoms in total. The van der Waals surface area contributed by atoms with Crippen LogP contribution in [-0.4, -0.2) is 36.9 Å². The van der Waals surface area contributed by atoms with Gasteiger partial charge >= 0.3 is 0 Å². The summed E-state index contributed by atoms with van der Waals surface area (Å²) in [6, 6.07) is 8.65. The first-order valence-corrected chi connectivity index (χ1v) is 7.26. The van der Waals surface area contributed by atoms with Crippen LogP contribution in [0.1, 0.15) is 36.0 Å². The smallest absolute Gasteiger partial charge is 0.170 e. The van der Waals surface area contributed by atoms with Gasteiger partial charge in [0.1, 0.15) is 5.75 Å². The highest BCUT2D eigenvalue weighted by atomic mass is 16.5. The number of likely N-dealkylation sites (N-methyl/N-ethyl adjacent to an activating group) is 1. The number of rotatable bonds is 4. The van der Waals surface area contributed by atoms with Crippen molar-refractivity contribution in [3.63, 3.8) is 0 Å². The lowest BCUT2D eigenvalue weighted by Gasteiger charge is -2.30. The van der Waals surface area contributed by atoms with E-state index in [0.717, 1.165) is 6.42 Å². The molecule has 3 rings (SSSR count). The zero-order valence-electron chi connectivity index (χ0n) is 12.1. The highest BCUT2D eigenvalue weighted by molar-refractivity contribution is 6.00. The maximum absolute atomic E-state index is 12.5. The summed E-state index contributed by atoms with van der Waals surface area (Å²) in [6.07, 6.45) is 6.35. The summed E-state index contributed by atoms with van der Waals surface area (Å²) in [6.45, 7) is 0. The van der Waals surface area contributed by atoms with E-state index in [1.54, 1.807) is 7.11 Å². The van der Waals surface area contributed by atoms with Crippen molar-refractivity contribution < 1.29 is 9.53 Å². The summed E-state index contributed by atoms with van der Waals surface area (Å²) in [5.74, 6) is 0.839. The first-order valence-electron chi connectivity index (χ1n) is 7.26. The predicted octanol–water partition coefficient (Wildman–Crippen LogP) is 3.06. The molecule has 1 saturated heterocycles. The SMILES string of the molecule is COc1ccccc1C(=O)CC1=CC2CCC(C1)N2C. The second kappa shape index (κ2) is 5.41. The molecule has 2 bridgehead atoms. The number of carbonyl (C=O) groups excluding carboxylic acids is 1. The molecule has 2 heterocycles. The molecule has 0 saturated carbocycles. The molecule has 2 aliphatic rings. The van der Waals surface area contributed by atoms with Crippen molar-refractivity contribution in [2.24, 2.45) is 0 Å². The van der Waals surface area contributed by atoms with Gasteiger partial charge in [-0.25, -0.2) is 0 Å². The van der Waals surface area contributed by atoms with Crippen LogP contribution in [-0.2, 0) is 0 Å². The highest BCUT2D eigenvalue weighted by Gasteiger charge is 2.34. The molecule has 0 radical (unpaired) electrons. The first-order chi connectivity index (χ1) is 9.69. The lowest BCUT2D eigenvalue weighted by molar-refractivity contribution is 0.0986. The number of nitrogens with zero attached hydrogens (tertiary/aromatic N) is 1. The number of Topliss-reactive ketones (excluding diaryl/α,β-unsaturated/α-hetero) is 1. The Morgan fingerprint density at radius 2 is 2.15 bits per heavy atom. The van der Waals surface area contributed by atoms with Gasteiger partial charge in [0, 0.05) is 18.5 Å². The van der Waals surface area contributed by atoms with Crippen LogP contribution in [0.15, 0.2) is 35.9 Å². The minimum Gasteiger partial charge on any atom is -0.496 e. The summed E-state index contributed by atoms with van der Waals surface area (Å²) in [5, 5.41) is 0. The third-order valence-corrected chi connectivity index (χ3v) is 4.62.